The summed E-state index contributed by atoms with van der Waals surface area (Å²) in [7, 11) is 0. The average molecular weight is 360 g/mol. The minimum Gasteiger partial charge on any atom is -0.395 e. The van der Waals surface area contributed by atoms with E-state index in [0.717, 1.165) is 28.9 Å². The van der Waals surface area contributed by atoms with E-state index in [-0.39, 0.29) is 25.0 Å². The van der Waals surface area contributed by atoms with Crippen molar-refractivity contribution < 1.29 is 14.7 Å². The maximum absolute atomic E-state index is 12.7. The van der Waals surface area contributed by atoms with Crippen LogP contribution in [0.4, 0.5) is 5.69 Å². The number of benzene rings is 3. The van der Waals surface area contributed by atoms with E-state index < -0.39 is 0 Å². The molecule has 1 aliphatic rings. The van der Waals surface area contributed by atoms with Gasteiger partial charge in [-0.1, -0.05) is 42.5 Å². The van der Waals surface area contributed by atoms with Crippen LogP contribution in [0.2, 0.25) is 0 Å². The molecule has 0 aromatic heterocycles. The molecule has 2 amide bonds. The van der Waals surface area contributed by atoms with Gasteiger partial charge in [0.1, 0.15) is 0 Å². The van der Waals surface area contributed by atoms with Gasteiger partial charge in [0.2, 0.25) is 0 Å². The van der Waals surface area contributed by atoms with Crippen LogP contribution >= 0.6 is 0 Å². The largest absolute Gasteiger partial charge is 0.395 e. The minimum absolute atomic E-state index is 0.00454. The molecule has 3 aromatic rings. The summed E-state index contributed by atoms with van der Waals surface area (Å²) in [5, 5.41) is 14.2. The Bertz CT molecular complexity index is 992. The van der Waals surface area contributed by atoms with Crippen molar-refractivity contribution in [3.63, 3.8) is 0 Å². The van der Waals surface area contributed by atoms with Crippen LogP contribution < -0.4 is 5.32 Å². The molecule has 4 rings (SSSR count). The highest BCUT2D eigenvalue weighted by molar-refractivity contribution is 6.26. The molecule has 0 fully saturated rings. The third-order valence-electron chi connectivity index (χ3n) is 4.89. The first-order chi connectivity index (χ1) is 13.2. The zero-order chi connectivity index (χ0) is 18.8. The number of nitrogens with zero attached hydrogens (tertiary/aromatic N) is 1. The maximum Gasteiger partial charge on any atom is 0.261 e. The summed E-state index contributed by atoms with van der Waals surface area (Å²) in [5.74, 6) is -0.706. The summed E-state index contributed by atoms with van der Waals surface area (Å²) in [6.45, 7) is 0.508. The van der Waals surface area contributed by atoms with Gasteiger partial charge in [-0.2, -0.15) is 0 Å². The van der Waals surface area contributed by atoms with Gasteiger partial charge in [0, 0.05) is 34.1 Å². The molecule has 0 unspecified atom stereocenters. The van der Waals surface area contributed by atoms with Crippen LogP contribution in [0, 0.1) is 0 Å². The molecule has 0 atom stereocenters. The summed E-state index contributed by atoms with van der Waals surface area (Å²) < 4.78 is 0. The molecule has 136 valence electrons. The second-order valence-electron chi connectivity index (χ2n) is 6.54. The number of rotatable bonds is 6. The zero-order valence-electron chi connectivity index (χ0n) is 14.8. The van der Waals surface area contributed by atoms with E-state index in [2.05, 4.69) is 17.4 Å². The Labute approximate surface area is 157 Å². The number of aliphatic hydroxyl groups is 1. The summed E-state index contributed by atoms with van der Waals surface area (Å²) in [6.07, 6.45) is 0.881. The van der Waals surface area contributed by atoms with E-state index >= 15 is 0 Å². The number of anilines is 1. The Morgan fingerprint density at radius 1 is 0.852 bits per heavy atom. The lowest BCUT2D eigenvalue weighted by Crippen LogP contribution is -2.41. The summed E-state index contributed by atoms with van der Waals surface area (Å²) >= 11 is 0. The van der Waals surface area contributed by atoms with Crippen molar-refractivity contribution in [2.75, 3.05) is 25.0 Å². The number of imide groups is 1. The van der Waals surface area contributed by atoms with Crippen molar-refractivity contribution in [3.05, 3.63) is 77.4 Å². The van der Waals surface area contributed by atoms with Crippen LogP contribution in [0.3, 0.4) is 0 Å². The highest BCUT2D eigenvalue weighted by atomic mass is 16.3. The predicted molar refractivity (Wildman–Crippen MR) is 105 cm³/mol. The molecule has 2 N–H and O–H groups in total. The van der Waals surface area contributed by atoms with Gasteiger partial charge in [0.15, 0.2) is 0 Å². The molecule has 0 spiro atoms. The first kappa shape index (κ1) is 17.2. The lowest BCUT2D eigenvalue weighted by atomic mass is 9.93. The molecule has 0 saturated carbocycles. The molecular weight excluding hydrogens is 340 g/mol. The molecular formula is C22H20N2O3. The fraction of sp³-hybridized carbons (Fsp3) is 0.182. The summed E-state index contributed by atoms with van der Waals surface area (Å²) in [5.41, 5.74) is 3.16. The van der Waals surface area contributed by atoms with Crippen molar-refractivity contribution in [2.45, 2.75) is 6.42 Å². The van der Waals surface area contributed by atoms with Crippen LogP contribution in [0.25, 0.3) is 10.8 Å². The highest BCUT2D eigenvalue weighted by Crippen LogP contribution is 2.34. The summed E-state index contributed by atoms with van der Waals surface area (Å²) in [4.78, 5) is 26.5. The molecule has 0 aliphatic carbocycles. The Kier molecular flexibility index (Phi) is 4.60. The van der Waals surface area contributed by atoms with E-state index in [0.29, 0.717) is 16.5 Å². The zero-order valence-corrected chi connectivity index (χ0v) is 14.8. The van der Waals surface area contributed by atoms with Gasteiger partial charge < -0.3 is 10.4 Å². The van der Waals surface area contributed by atoms with Gasteiger partial charge in [-0.3, -0.25) is 14.5 Å². The van der Waals surface area contributed by atoms with Crippen LogP contribution in [-0.2, 0) is 6.42 Å². The molecule has 0 radical (unpaired) electrons. The Balaban J connectivity index is 1.67. The van der Waals surface area contributed by atoms with Crippen LogP contribution in [-0.4, -0.2) is 41.5 Å². The lowest BCUT2D eigenvalue weighted by Gasteiger charge is -2.27. The van der Waals surface area contributed by atoms with Crippen molar-refractivity contribution in [1.82, 2.24) is 4.90 Å². The molecule has 1 heterocycles. The predicted octanol–water partition coefficient (Wildman–Crippen LogP) is 3.08. The lowest BCUT2D eigenvalue weighted by molar-refractivity contribution is 0.0580. The minimum atomic E-state index is -0.353. The normalized spacial score (nSPS) is 13.3. The van der Waals surface area contributed by atoms with Crippen LogP contribution in [0.15, 0.2) is 60.7 Å². The fourth-order valence-corrected chi connectivity index (χ4v) is 3.59. The van der Waals surface area contributed by atoms with Crippen molar-refractivity contribution >= 4 is 28.3 Å². The number of hydrogen-bond acceptors (Lipinski definition) is 4. The number of aliphatic hydroxyl groups excluding tert-OH is 1. The third-order valence-corrected chi connectivity index (χ3v) is 4.89. The first-order valence-corrected chi connectivity index (χ1v) is 9.01. The average Bonchev–Trinajstić information content (AvgIpc) is 2.70. The number of carbonyl (C=O) groups excluding carboxylic acids is 2. The van der Waals surface area contributed by atoms with Crippen molar-refractivity contribution in [3.8, 4) is 0 Å². The number of amides is 2. The second kappa shape index (κ2) is 7.21. The van der Waals surface area contributed by atoms with Gasteiger partial charge in [-0.15, -0.1) is 0 Å². The third kappa shape index (κ3) is 3.06. The first-order valence-electron chi connectivity index (χ1n) is 9.01. The maximum atomic E-state index is 12.7. The Hall–Kier alpha value is -3.18. The quantitative estimate of drug-likeness (QED) is 0.663. The Morgan fingerprint density at radius 2 is 1.59 bits per heavy atom. The molecule has 1 aliphatic heterocycles. The van der Waals surface area contributed by atoms with Gasteiger partial charge in [0.25, 0.3) is 11.8 Å². The van der Waals surface area contributed by atoms with E-state index in [1.807, 2.05) is 36.4 Å². The SMILES string of the molecule is O=C1c2cccc3c(NCCc4ccccc4)ccc(c23)C(=O)N1CCO. The monoisotopic (exact) mass is 360 g/mol. The number of hydrogen-bond donors (Lipinski definition) is 2. The molecule has 0 bridgehead atoms. The van der Waals surface area contributed by atoms with Gasteiger partial charge in [0.05, 0.1) is 13.2 Å². The van der Waals surface area contributed by atoms with Gasteiger partial charge in [-0.25, -0.2) is 0 Å². The molecule has 27 heavy (non-hydrogen) atoms. The van der Waals surface area contributed by atoms with Crippen molar-refractivity contribution in [1.29, 1.82) is 0 Å². The van der Waals surface area contributed by atoms with E-state index in [1.165, 1.54) is 5.56 Å². The number of nitrogens with one attached hydrogen (secondary N) is 1. The van der Waals surface area contributed by atoms with Gasteiger partial charge in [-0.05, 0) is 30.2 Å². The van der Waals surface area contributed by atoms with Gasteiger partial charge >= 0.3 is 0 Å². The summed E-state index contributed by atoms with van der Waals surface area (Å²) in [6, 6.07) is 19.4. The second-order valence-corrected chi connectivity index (χ2v) is 6.54. The smallest absolute Gasteiger partial charge is 0.261 e. The highest BCUT2D eigenvalue weighted by Gasteiger charge is 2.32. The van der Waals surface area contributed by atoms with E-state index in [4.69, 9.17) is 0 Å². The Morgan fingerprint density at radius 3 is 2.33 bits per heavy atom. The fourth-order valence-electron chi connectivity index (χ4n) is 3.59. The number of carbonyl (C=O) groups is 2. The molecule has 0 saturated heterocycles. The van der Waals surface area contributed by atoms with Crippen LogP contribution in [0.5, 0.6) is 0 Å². The standard InChI is InChI=1S/C22H20N2O3/c25-14-13-24-21(26)17-8-4-7-16-19(10-9-18(20(16)17)22(24)27)23-12-11-15-5-2-1-3-6-15/h1-10,23,25H,11-14H2. The molecule has 5 nitrogen and oxygen atoms in total. The number of β-amino-alcohol motifs (C(OH)–C–C–N with tert-alkyl or cyclic N) is 1. The molecule has 5 heteroatoms. The van der Waals surface area contributed by atoms with Crippen LogP contribution in [0.1, 0.15) is 26.3 Å². The molecule has 3 aromatic carbocycles. The topological polar surface area (TPSA) is 69.6 Å². The van der Waals surface area contributed by atoms with E-state index in [1.54, 1.807) is 12.1 Å². The van der Waals surface area contributed by atoms with E-state index in [9.17, 15) is 14.7 Å². The van der Waals surface area contributed by atoms with Crippen molar-refractivity contribution in [2.24, 2.45) is 0 Å².